The fraction of sp³-hybridized carbons (Fsp3) is 0.293. The number of hydrogen-bond donors (Lipinski definition) is 3. The van der Waals surface area contributed by atoms with E-state index < -0.39 is 23.7 Å². The van der Waals surface area contributed by atoms with Crippen molar-refractivity contribution in [3.8, 4) is 22.5 Å². The average molecular weight is 697 g/mol. The number of pyridine rings is 2. The number of aryl methyl sites for hydroxylation is 2. The zero-order valence-corrected chi connectivity index (χ0v) is 28.7. The first-order valence-corrected chi connectivity index (χ1v) is 17.7. The number of carbonyl (C=O) groups excluding carboxylic acids is 3. The van der Waals surface area contributed by atoms with Crippen LogP contribution in [-0.2, 0) is 50.7 Å². The predicted molar refractivity (Wildman–Crippen MR) is 193 cm³/mol. The van der Waals surface area contributed by atoms with E-state index in [0.717, 1.165) is 69.1 Å². The first kappa shape index (κ1) is 32.1. The van der Waals surface area contributed by atoms with E-state index in [1.54, 1.807) is 24.5 Å². The number of rotatable bonds is 6. The Kier molecular flexibility index (Phi) is 7.34. The Morgan fingerprint density at radius 3 is 2.44 bits per heavy atom. The Bertz CT molecular complexity index is 2410. The summed E-state index contributed by atoms with van der Waals surface area (Å²) in [5, 5.41) is 17.9. The third-order valence-electron chi connectivity index (χ3n) is 11.3. The second kappa shape index (κ2) is 11.9. The molecule has 2 aliphatic carbocycles. The summed E-state index contributed by atoms with van der Waals surface area (Å²) < 4.78 is 12.5. The molecule has 52 heavy (non-hydrogen) atoms. The number of hydrogen-bond acceptors (Lipinski definition) is 8. The lowest BCUT2D eigenvalue weighted by atomic mass is 9.85. The molecule has 5 aromatic rings. The number of fused-ring (bicyclic) bond motifs is 8. The maximum Gasteiger partial charge on any atom is 0.407 e. The number of cyclic esters (lactones) is 1. The van der Waals surface area contributed by atoms with Crippen molar-refractivity contribution in [1.29, 1.82) is 0 Å². The molecule has 0 bridgehead atoms. The van der Waals surface area contributed by atoms with Crippen LogP contribution in [0.15, 0.2) is 71.5 Å². The van der Waals surface area contributed by atoms with Crippen molar-refractivity contribution in [1.82, 2.24) is 14.9 Å². The van der Waals surface area contributed by atoms with Crippen molar-refractivity contribution >= 4 is 34.6 Å². The van der Waals surface area contributed by atoms with Crippen molar-refractivity contribution in [3.05, 3.63) is 116 Å². The molecule has 3 aromatic carbocycles. The molecule has 3 N–H and O–H groups in total. The minimum Gasteiger partial charge on any atom is -0.458 e. The summed E-state index contributed by atoms with van der Waals surface area (Å²) in [4.78, 5) is 57.7. The number of nitrogens with zero attached hydrogens (tertiary/aromatic N) is 2. The first-order chi connectivity index (χ1) is 25.2. The van der Waals surface area contributed by atoms with Gasteiger partial charge in [0.05, 0.1) is 29.0 Å². The highest BCUT2D eigenvalue weighted by Gasteiger charge is 2.45. The largest absolute Gasteiger partial charge is 0.458 e. The zero-order chi connectivity index (χ0) is 35.9. The van der Waals surface area contributed by atoms with Crippen LogP contribution in [0.2, 0.25) is 0 Å². The normalized spacial score (nSPS) is 18.4. The molecule has 2 aromatic heterocycles. The smallest absolute Gasteiger partial charge is 0.407 e. The van der Waals surface area contributed by atoms with Gasteiger partial charge in [-0.15, -0.1) is 0 Å². The van der Waals surface area contributed by atoms with Crippen molar-refractivity contribution in [2.45, 2.75) is 70.2 Å². The van der Waals surface area contributed by atoms with Crippen LogP contribution in [0.3, 0.4) is 0 Å². The van der Waals surface area contributed by atoms with Crippen LogP contribution in [0.4, 0.5) is 10.5 Å². The fourth-order valence-electron chi connectivity index (χ4n) is 8.56. The van der Waals surface area contributed by atoms with Crippen LogP contribution in [0.1, 0.15) is 71.6 Å². The molecule has 262 valence electrons. The third-order valence-corrected chi connectivity index (χ3v) is 11.3. The molecule has 0 saturated heterocycles. The molecule has 0 saturated carbocycles. The van der Waals surface area contributed by atoms with E-state index in [-0.39, 0.29) is 48.1 Å². The molecule has 0 spiro atoms. The number of anilines is 1. The number of carbonyl (C=O) groups is 3. The van der Waals surface area contributed by atoms with Gasteiger partial charge in [-0.2, -0.15) is 0 Å². The second-order valence-electron chi connectivity index (χ2n) is 14.0. The minimum absolute atomic E-state index is 0.0721. The molecule has 2 aliphatic heterocycles. The van der Waals surface area contributed by atoms with Gasteiger partial charge in [-0.3, -0.25) is 9.59 Å². The van der Waals surface area contributed by atoms with Crippen LogP contribution in [-0.4, -0.2) is 45.3 Å². The topological polar surface area (TPSA) is 149 Å². The van der Waals surface area contributed by atoms with E-state index in [1.165, 1.54) is 0 Å². The van der Waals surface area contributed by atoms with Gasteiger partial charge in [0.2, 0.25) is 5.91 Å². The highest BCUT2D eigenvalue weighted by molar-refractivity contribution is 6.01. The van der Waals surface area contributed by atoms with E-state index in [2.05, 4.69) is 34.9 Å². The van der Waals surface area contributed by atoms with E-state index in [9.17, 15) is 24.3 Å². The number of esters is 1. The molecule has 2 amide bonds. The Morgan fingerprint density at radius 2 is 1.71 bits per heavy atom. The Morgan fingerprint density at radius 1 is 1.00 bits per heavy atom. The molecule has 11 heteroatoms. The lowest BCUT2D eigenvalue weighted by Crippen LogP contribution is -2.44. The van der Waals surface area contributed by atoms with Gasteiger partial charge in [-0.1, -0.05) is 55.5 Å². The highest BCUT2D eigenvalue weighted by Crippen LogP contribution is 2.45. The van der Waals surface area contributed by atoms with Crippen molar-refractivity contribution < 1.29 is 29.0 Å². The van der Waals surface area contributed by atoms with Crippen LogP contribution < -0.4 is 16.2 Å². The van der Waals surface area contributed by atoms with Gasteiger partial charge in [0.25, 0.3) is 5.56 Å². The van der Waals surface area contributed by atoms with Crippen molar-refractivity contribution in [2.75, 3.05) is 11.9 Å². The molecule has 9 rings (SSSR count). The van der Waals surface area contributed by atoms with Crippen LogP contribution in [0.25, 0.3) is 33.4 Å². The Hall–Kier alpha value is -5.81. The molecule has 4 heterocycles. The summed E-state index contributed by atoms with van der Waals surface area (Å²) in [6.45, 7) is 3.57. The lowest BCUT2D eigenvalue weighted by Gasteiger charge is -2.31. The third kappa shape index (κ3) is 4.72. The maximum atomic E-state index is 13.7. The molecule has 0 unspecified atom stereocenters. The number of aromatic nitrogens is 2. The van der Waals surface area contributed by atoms with Crippen molar-refractivity contribution in [3.63, 3.8) is 0 Å². The van der Waals surface area contributed by atoms with Gasteiger partial charge in [-0.05, 0) is 84.2 Å². The van der Waals surface area contributed by atoms with E-state index in [4.69, 9.17) is 14.5 Å². The summed E-state index contributed by atoms with van der Waals surface area (Å²) in [6.07, 6.45) is 1.73. The molecular weight excluding hydrogens is 660 g/mol. The molecule has 2 atom stereocenters. The fourth-order valence-corrected chi connectivity index (χ4v) is 8.56. The van der Waals surface area contributed by atoms with Gasteiger partial charge in [0.15, 0.2) is 5.60 Å². The SMILES string of the molecule is CC[C@@]1(O)C(=O)OCc2c1cc1n(c2=O)Cc2c-1nc1ccc(NC(=O)[C@H](C)NC(=O)OCC3c4ccccc4-c4ccccc43)c3c1c2CCC3. The molecular formula is C41H36N4O7. The number of ether oxygens (including phenoxy) is 2. The van der Waals surface area contributed by atoms with Crippen LogP contribution >= 0.6 is 0 Å². The van der Waals surface area contributed by atoms with E-state index in [1.807, 2.05) is 36.4 Å². The monoisotopic (exact) mass is 696 g/mol. The summed E-state index contributed by atoms with van der Waals surface area (Å²) in [5.41, 5.74) is 8.41. The van der Waals surface area contributed by atoms with Gasteiger partial charge < -0.3 is 29.8 Å². The molecule has 4 aliphatic rings. The number of alkyl carbamates (subject to hydrolysis) is 1. The number of aliphatic hydroxyl groups is 1. The summed E-state index contributed by atoms with van der Waals surface area (Å²) in [6, 6.07) is 20.8. The number of amides is 2. The van der Waals surface area contributed by atoms with Gasteiger partial charge in [0.1, 0.15) is 19.3 Å². The highest BCUT2D eigenvalue weighted by atomic mass is 16.6. The van der Waals surface area contributed by atoms with E-state index >= 15 is 0 Å². The Labute approximate surface area is 298 Å². The number of nitrogens with one attached hydrogen (secondary N) is 2. The van der Waals surface area contributed by atoms with Crippen molar-refractivity contribution in [2.24, 2.45) is 0 Å². The summed E-state index contributed by atoms with van der Waals surface area (Å²) >= 11 is 0. The average Bonchev–Trinajstić information content (AvgIpc) is 3.69. The summed E-state index contributed by atoms with van der Waals surface area (Å²) in [5.74, 6) is -1.23. The molecule has 0 fully saturated rings. The van der Waals surface area contributed by atoms with Gasteiger partial charge >= 0.3 is 12.1 Å². The number of benzene rings is 3. The first-order valence-electron chi connectivity index (χ1n) is 17.7. The standard InChI is InChI=1S/C41H36N4O7/c1-3-41(50)31-17-34-36-28(18-45(34)38(47)30(31)20-51-39(41)48)26-13-8-14-27-32(15-16-33(43-36)35(26)27)44-37(46)21(2)42-40(49)52-19-29-24-11-6-4-9-22(24)23-10-5-7-12-25(23)29/h4-7,9-12,15-17,21,29,50H,3,8,13-14,18-20H2,1-2H3,(H,42,49)(H,44,46)/t21-,41-/m0/s1. The van der Waals surface area contributed by atoms with Crippen LogP contribution in [0, 0.1) is 0 Å². The Balaban J connectivity index is 0.950. The van der Waals surface area contributed by atoms with Gasteiger partial charge in [-0.25, -0.2) is 14.6 Å². The maximum absolute atomic E-state index is 13.7. The molecule has 0 radical (unpaired) electrons. The quantitative estimate of drug-likeness (QED) is 0.195. The van der Waals surface area contributed by atoms with E-state index in [0.29, 0.717) is 23.6 Å². The van der Waals surface area contributed by atoms with Gasteiger partial charge in [0, 0.05) is 28.1 Å². The summed E-state index contributed by atoms with van der Waals surface area (Å²) in [7, 11) is 0. The predicted octanol–water partition coefficient (Wildman–Crippen LogP) is 5.43. The minimum atomic E-state index is -1.90. The second-order valence-corrected chi connectivity index (χ2v) is 14.0. The molecule has 11 nitrogen and oxygen atoms in total. The zero-order valence-electron chi connectivity index (χ0n) is 28.7. The lowest BCUT2D eigenvalue weighted by molar-refractivity contribution is -0.172. The van der Waals surface area contributed by atoms with Crippen LogP contribution in [0.5, 0.6) is 0 Å².